The first kappa shape index (κ1) is 14.8. The molecule has 0 aliphatic rings. The second kappa shape index (κ2) is 6.23. The fourth-order valence-electron chi connectivity index (χ4n) is 3.01. The summed E-state index contributed by atoms with van der Waals surface area (Å²) < 4.78 is 0. The van der Waals surface area contributed by atoms with Gasteiger partial charge in [0.15, 0.2) is 0 Å². The number of aryl methyl sites for hydroxylation is 4. The first-order chi connectivity index (χ1) is 9.45. The van der Waals surface area contributed by atoms with Crippen LogP contribution in [0.3, 0.4) is 0 Å². The predicted octanol–water partition coefficient (Wildman–Crippen LogP) is 4.03. The van der Waals surface area contributed by atoms with Gasteiger partial charge in [0.1, 0.15) is 0 Å². The Labute approximate surface area is 122 Å². The molecule has 0 bridgehead atoms. The van der Waals surface area contributed by atoms with E-state index in [4.69, 9.17) is 5.73 Å². The van der Waals surface area contributed by atoms with E-state index in [1.165, 1.54) is 33.4 Å². The molecular formula is C19H25N. The highest BCUT2D eigenvalue weighted by molar-refractivity contribution is 5.38. The maximum absolute atomic E-state index is 6.36. The third kappa shape index (κ3) is 3.71. The van der Waals surface area contributed by atoms with Crippen molar-refractivity contribution in [2.24, 2.45) is 5.73 Å². The maximum atomic E-state index is 6.36. The summed E-state index contributed by atoms with van der Waals surface area (Å²) in [7, 11) is 0. The molecular weight excluding hydrogens is 242 g/mol. The van der Waals surface area contributed by atoms with Gasteiger partial charge in [-0.05, 0) is 62.8 Å². The Kier molecular flexibility index (Phi) is 4.61. The van der Waals surface area contributed by atoms with E-state index in [2.05, 4.69) is 64.1 Å². The Bertz CT molecular complexity index is 575. The van der Waals surface area contributed by atoms with E-state index >= 15 is 0 Å². The fourth-order valence-corrected chi connectivity index (χ4v) is 3.01. The van der Waals surface area contributed by atoms with Crippen LogP contribution in [0.2, 0.25) is 0 Å². The first-order valence-corrected chi connectivity index (χ1v) is 7.33. The predicted molar refractivity (Wildman–Crippen MR) is 87.2 cm³/mol. The molecule has 2 N–H and O–H groups in total. The van der Waals surface area contributed by atoms with E-state index in [-0.39, 0.29) is 6.04 Å². The molecule has 0 radical (unpaired) electrons. The Morgan fingerprint density at radius 1 is 0.850 bits per heavy atom. The van der Waals surface area contributed by atoms with Crippen LogP contribution in [0, 0.1) is 27.7 Å². The monoisotopic (exact) mass is 267 g/mol. The molecule has 1 nitrogen and oxygen atoms in total. The van der Waals surface area contributed by atoms with E-state index in [0.717, 1.165) is 12.8 Å². The van der Waals surface area contributed by atoms with Crippen LogP contribution in [0.1, 0.15) is 33.4 Å². The molecule has 1 heteroatoms. The molecule has 1 unspecified atom stereocenters. The second-order valence-electron chi connectivity index (χ2n) is 6.03. The molecule has 1 atom stereocenters. The zero-order valence-electron chi connectivity index (χ0n) is 13.0. The summed E-state index contributed by atoms with van der Waals surface area (Å²) in [5.41, 5.74) is 14.5. The molecule has 0 aromatic heterocycles. The summed E-state index contributed by atoms with van der Waals surface area (Å²) in [4.78, 5) is 0. The highest BCUT2D eigenvalue weighted by atomic mass is 14.6. The summed E-state index contributed by atoms with van der Waals surface area (Å²) in [5, 5.41) is 0. The minimum absolute atomic E-state index is 0.178. The van der Waals surface area contributed by atoms with Crippen LogP contribution in [-0.4, -0.2) is 6.04 Å². The van der Waals surface area contributed by atoms with Crippen molar-refractivity contribution >= 4 is 0 Å². The summed E-state index contributed by atoms with van der Waals surface area (Å²) >= 11 is 0. The van der Waals surface area contributed by atoms with Crippen LogP contribution >= 0.6 is 0 Å². The van der Waals surface area contributed by atoms with Crippen LogP contribution < -0.4 is 5.73 Å². The Morgan fingerprint density at radius 2 is 1.50 bits per heavy atom. The molecule has 2 aromatic carbocycles. The number of benzene rings is 2. The molecule has 0 aliphatic carbocycles. The van der Waals surface area contributed by atoms with Gasteiger partial charge in [-0.3, -0.25) is 0 Å². The summed E-state index contributed by atoms with van der Waals surface area (Å²) in [6.07, 6.45) is 1.89. The van der Waals surface area contributed by atoms with Crippen LogP contribution in [-0.2, 0) is 12.8 Å². The van der Waals surface area contributed by atoms with E-state index in [1.54, 1.807) is 0 Å². The van der Waals surface area contributed by atoms with Crippen molar-refractivity contribution in [1.29, 1.82) is 0 Å². The van der Waals surface area contributed by atoms with Crippen LogP contribution in [0.5, 0.6) is 0 Å². The van der Waals surface area contributed by atoms with Gasteiger partial charge in [0.25, 0.3) is 0 Å². The quantitative estimate of drug-likeness (QED) is 0.889. The number of rotatable bonds is 4. The Morgan fingerprint density at radius 3 is 2.10 bits per heavy atom. The number of hydrogen-bond donors (Lipinski definition) is 1. The highest BCUT2D eigenvalue weighted by Gasteiger charge is 2.10. The Balaban J connectivity index is 2.10. The largest absolute Gasteiger partial charge is 0.327 e. The molecule has 0 fully saturated rings. The average molecular weight is 267 g/mol. The highest BCUT2D eigenvalue weighted by Crippen LogP contribution is 2.19. The van der Waals surface area contributed by atoms with Gasteiger partial charge in [-0.15, -0.1) is 0 Å². The minimum atomic E-state index is 0.178. The lowest BCUT2D eigenvalue weighted by atomic mass is 9.92. The molecule has 20 heavy (non-hydrogen) atoms. The SMILES string of the molecule is Cc1cccc(CC(N)Cc2c(C)cc(C)cc2C)c1. The molecule has 2 rings (SSSR count). The lowest BCUT2D eigenvalue weighted by molar-refractivity contribution is 0.660. The third-order valence-corrected chi connectivity index (χ3v) is 3.89. The summed E-state index contributed by atoms with van der Waals surface area (Å²) in [6.45, 7) is 8.66. The van der Waals surface area contributed by atoms with Gasteiger partial charge in [0.2, 0.25) is 0 Å². The lowest BCUT2D eigenvalue weighted by Crippen LogP contribution is -2.26. The van der Waals surface area contributed by atoms with Crippen LogP contribution in [0.4, 0.5) is 0 Å². The van der Waals surface area contributed by atoms with Crippen molar-refractivity contribution in [3.8, 4) is 0 Å². The van der Waals surface area contributed by atoms with Gasteiger partial charge < -0.3 is 5.73 Å². The van der Waals surface area contributed by atoms with Gasteiger partial charge in [-0.25, -0.2) is 0 Å². The van der Waals surface area contributed by atoms with Crippen molar-refractivity contribution in [3.63, 3.8) is 0 Å². The normalized spacial score (nSPS) is 12.4. The maximum Gasteiger partial charge on any atom is 0.0120 e. The molecule has 0 amide bonds. The summed E-state index contributed by atoms with van der Waals surface area (Å²) in [5.74, 6) is 0. The fraction of sp³-hybridized carbons (Fsp3) is 0.368. The van der Waals surface area contributed by atoms with E-state index < -0.39 is 0 Å². The average Bonchev–Trinajstić information content (AvgIpc) is 2.33. The molecule has 0 spiro atoms. The molecule has 0 saturated heterocycles. The lowest BCUT2D eigenvalue weighted by Gasteiger charge is -2.17. The van der Waals surface area contributed by atoms with E-state index in [0.29, 0.717) is 0 Å². The van der Waals surface area contributed by atoms with Gasteiger partial charge in [0, 0.05) is 6.04 Å². The van der Waals surface area contributed by atoms with Crippen molar-refractivity contribution < 1.29 is 0 Å². The second-order valence-corrected chi connectivity index (χ2v) is 6.03. The van der Waals surface area contributed by atoms with Crippen LogP contribution in [0.25, 0.3) is 0 Å². The van der Waals surface area contributed by atoms with Gasteiger partial charge in [0.05, 0.1) is 0 Å². The third-order valence-electron chi connectivity index (χ3n) is 3.89. The van der Waals surface area contributed by atoms with Gasteiger partial charge in [-0.1, -0.05) is 47.5 Å². The molecule has 0 aliphatic heterocycles. The number of hydrogen-bond acceptors (Lipinski definition) is 1. The minimum Gasteiger partial charge on any atom is -0.327 e. The summed E-state index contributed by atoms with van der Waals surface area (Å²) in [6, 6.07) is 13.3. The zero-order chi connectivity index (χ0) is 14.7. The molecule has 106 valence electrons. The standard InChI is InChI=1S/C19H25N/c1-13-6-5-7-17(10-13)11-18(20)12-19-15(3)8-14(2)9-16(19)4/h5-10,18H,11-12,20H2,1-4H3. The zero-order valence-corrected chi connectivity index (χ0v) is 13.0. The number of nitrogens with two attached hydrogens (primary N) is 1. The molecule has 2 aromatic rings. The van der Waals surface area contributed by atoms with E-state index in [1.807, 2.05) is 0 Å². The topological polar surface area (TPSA) is 26.0 Å². The molecule has 0 saturated carbocycles. The van der Waals surface area contributed by atoms with Gasteiger partial charge >= 0.3 is 0 Å². The van der Waals surface area contributed by atoms with Crippen molar-refractivity contribution in [1.82, 2.24) is 0 Å². The smallest absolute Gasteiger partial charge is 0.0120 e. The van der Waals surface area contributed by atoms with Crippen molar-refractivity contribution in [2.45, 2.75) is 46.6 Å². The van der Waals surface area contributed by atoms with Gasteiger partial charge in [-0.2, -0.15) is 0 Å². The van der Waals surface area contributed by atoms with Crippen LogP contribution in [0.15, 0.2) is 36.4 Å². The Hall–Kier alpha value is -1.60. The van der Waals surface area contributed by atoms with Crippen molar-refractivity contribution in [2.75, 3.05) is 0 Å². The van der Waals surface area contributed by atoms with E-state index in [9.17, 15) is 0 Å². The van der Waals surface area contributed by atoms with Crippen molar-refractivity contribution in [3.05, 3.63) is 69.8 Å². The first-order valence-electron chi connectivity index (χ1n) is 7.33. The molecule has 0 heterocycles.